The maximum absolute atomic E-state index is 12.5. The van der Waals surface area contributed by atoms with Crippen molar-refractivity contribution >= 4 is 5.91 Å². The van der Waals surface area contributed by atoms with Gasteiger partial charge in [-0.15, -0.1) is 0 Å². The predicted octanol–water partition coefficient (Wildman–Crippen LogP) is 13.7. The number of carbonyl (C=O) groups is 1. The van der Waals surface area contributed by atoms with Gasteiger partial charge in [0.25, 0.3) is 0 Å². The lowest BCUT2D eigenvalue weighted by Crippen LogP contribution is -2.27. The fourth-order valence-electron chi connectivity index (χ4n) is 7.50. The van der Waals surface area contributed by atoms with E-state index in [-0.39, 0.29) is 5.91 Å². The van der Waals surface area contributed by atoms with Crippen molar-refractivity contribution in [2.24, 2.45) is 5.73 Å². The van der Waals surface area contributed by atoms with Crippen LogP contribution in [0.15, 0.2) is 35.1 Å². The van der Waals surface area contributed by atoms with Gasteiger partial charge in [-0.2, -0.15) is 0 Å². The van der Waals surface area contributed by atoms with Crippen LogP contribution in [-0.2, 0) is 4.79 Å². The van der Waals surface area contributed by atoms with E-state index in [0.29, 0.717) is 6.42 Å². The normalized spacial score (nSPS) is 13.6. The molecule has 50 heavy (non-hydrogen) atoms. The van der Waals surface area contributed by atoms with Gasteiger partial charge in [0, 0.05) is 18.7 Å². The van der Waals surface area contributed by atoms with Crippen LogP contribution < -0.4 is 11.1 Å². The SMILES string of the molecule is C/C=C(/CCC(=O)NCCCCCCN(CCCCCCCCCCCCCC)CCCCCCCCCCCCCC)C1=C(N)CCC=C1. The average molecular weight is 698 g/mol. The molecule has 0 unspecified atom stereocenters. The lowest BCUT2D eigenvalue weighted by Gasteiger charge is -2.22. The van der Waals surface area contributed by atoms with Crippen LogP contribution >= 0.6 is 0 Å². The first kappa shape index (κ1) is 46.5. The van der Waals surface area contributed by atoms with E-state index in [4.69, 9.17) is 5.73 Å². The molecule has 0 aromatic heterocycles. The van der Waals surface area contributed by atoms with Gasteiger partial charge in [-0.05, 0) is 82.6 Å². The van der Waals surface area contributed by atoms with Crippen molar-refractivity contribution in [2.45, 2.75) is 226 Å². The van der Waals surface area contributed by atoms with Crippen LogP contribution in [0.25, 0.3) is 0 Å². The lowest BCUT2D eigenvalue weighted by atomic mass is 9.93. The second-order valence-corrected chi connectivity index (χ2v) is 15.6. The van der Waals surface area contributed by atoms with Crippen LogP contribution in [0, 0.1) is 0 Å². The molecule has 0 heterocycles. The zero-order valence-corrected chi connectivity index (χ0v) is 34.1. The van der Waals surface area contributed by atoms with Gasteiger partial charge in [0.15, 0.2) is 0 Å². The monoisotopic (exact) mass is 698 g/mol. The van der Waals surface area contributed by atoms with E-state index in [1.54, 1.807) is 0 Å². The quantitative estimate of drug-likeness (QED) is 0.0635. The van der Waals surface area contributed by atoms with E-state index in [9.17, 15) is 4.79 Å². The molecule has 0 spiro atoms. The third kappa shape index (κ3) is 28.1. The van der Waals surface area contributed by atoms with Crippen LogP contribution in [0.2, 0.25) is 0 Å². The van der Waals surface area contributed by atoms with E-state index >= 15 is 0 Å². The van der Waals surface area contributed by atoms with Crippen molar-refractivity contribution < 1.29 is 4.79 Å². The summed E-state index contributed by atoms with van der Waals surface area (Å²) in [4.78, 5) is 15.3. The Morgan fingerprint density at radius 1 is 0.620 bits per heavy atom. The number of unbranched alkanes of at least 4 members (excludes halogenated alkanes) is 25. The minimum atomic E-state index is 0.166. The number of nitrogens with one attached hydrogen (secondary N) is 1. The van der Waals surface area contributed by atoms with Gasteiger partial charge in [0.05, 0.1) is 0 Å². The Morgan fingerprint density at radius 2 is 1.02 bits per heavy atom. The second-order valence-electron chi connectivity index (χ2n) is 15.6. The van der Waals surface area contributed by atoms with Gasteiger partial charge in [0.2, 0.25) is 5.91 Å². The highest BCUT2D eigenvalue weighted by Gasteiger charge is 2.12. The van der Waals surface area contributed by atoms with Gasteiger partial charge in [-0.1, -0.05) is 186 Å². The fourth-order valence-corrected chi connectivity index (χ4v) is 7.50. The Kier molecular flexibility index (Phi) is 33.3. The molecule has 1 aliphatic carbocycles. The standard InChI is InChI=1S/C46H87N3O/c1-4-7-9-11-13-15-17-19-21-23-26-32-40-49(41-33-27-24-22-20-18-16-14-12-10-8-5-2)42-34-28-25-31-39-48-46(50)38-37-43(6-3)44-35-29-30-36-45(44)47/h6,29,35H,4-5,7-28,30-34,36-42,47H2,1-3H3,(H,48,50)/b43-6-. The van der Waals surface area contributed by atoms with Gasteiger partial charge in [-0.3, -0.25) is 4.79 Å². The number of hydrogen-bond donors (Lipinski definition) is 2. The molecule has 0 bridgehead atoms. The van der Waals surface area contributed by atoms with Gasteiger partial charge in [0.1, 0.15) is 0 Å². The number of hydrogen-bond acceptors (Lipinski definition) is 3. The van der Waals surface area contributed by atoms with Crippen molar-refractivity contribution in [3.8, 4) is 0 Å². The molecule has 3 N–H and O–H groups in total. The molecule has 1 rings (SSSR count). The summed E-state index contributed by atoms with van der Waals surface area (Å²) in [6.45, 7) is 11.3. The third-order valence-corrected chi connectivity index (χ3v) is 10.9. The van der Waals surface area contributed by atoms with Crippen molar-refractivity contribution in [2.75, 3.05) is 26.2 Å². The molecule has 0 radical (unpaired) electrons. The molecule has 0 aromatic rings. The summed E-state index contributed by atoms with van der Waals surface area (Å²) < 4.78 is 0. The highest BCUT2D eigenvalue weighted by Crippen LogP contribution is 2.25. The summed E-state index contributed by atoms with van der Waals surface area (Å²) >= 11 is 0. The van der Waals surface area contributed by atoms with Crippen molar-refractivity contribution in [1.82, 2.24) is 10.2 Å². The molecular formula is C46H87N3O. The van der Waals surface area contributed by atoms with Crippen LogP contribution in [0.3, 0.4) is 0 Å². The summed E-state index contributed by atoms with van der Waals surface area (Å²) in [7, 11) is 0. The highest BCUT2D eigenvalue weighted by molar-refractivity contribution is 5.76. The summed E-state index contributed by atoms with van der Waals surface area (Å²) in [5.41, 5.74) is 9.54. The summed E-state index contributed by atoms with van der Waals surface area (Å²) in [6.07, 6.45) is 48.7. The molecule has 0 saturated carbocycles. The van der Waals surface area contributed by atoms with Gasteiger partial charge >= 0.3 is 0 Å². The molecule has 4 heteroatoms. The van der Waals surface area contributed by atoms with Crippen molar-refractivity contribution in [1.29, 1.82) is 0 Å². The number of nitrogens with two attached hydrogens (primary N) is 1. The average Bonchev–Trinajstić information content (AvgIpc) is 3.12. The Balaban J connectivity index is 2.20. The Morgan fingerprint density at radius 3 is 1.42 bits per heavy atom. The fraction of sp³-hybridized carbons (Fsp3) is 0.848. The third-order valence-electron chi connectivity index (χ3n) is 10.9. The minimum Gasteiger partial charge on any atom is -0.402 e. The van der Waals surface area contributed by atoms with Gasteiger partial charge < -0.3 is 16.0 Å². The van der Waals surface area contributed by atoms with E-state index < -0.39 is 0 Å². The highest BCUT2D eigenvalue weighted by atomic mass is 16.1. The van der Waals surface area contributed by atoms with Crippen molar-refractivity contribution in [3.05, 3.63) is 35.1 Å². The predicted molar refractivity (Wildman–Crippen MR) is 223 cm³/mol. The molecule has 1 amide bonds. The van der Waals surface area contributed by atoms with E-state index in [1.165, 1.54) is 199 Å². The Hall–Kier alpha value is -1.55. The van der Waals surface area contributed by atoms with Crippen LogP contribution in [0.5, 0.6) is 0 Å². The largest absolute Gasteiger partial charge is 0.402 e. The Labute approximate surface area is 313 Å². The number of amides is 1. The van der Waals surface area contributed by atoms with Crippen LogP contribution in [0.1, 0.15) is 226 Å². The minimum absolute atomic E-state index is 0.166. The maximum atomic E-state index is 12.5. The zero-order chi connectivity index (χ0) is 36.2. The molecule has 4 nitrogen and oxygen atoms in total. The molecule has 292 valence electrons. The number of carbonyl (C=O) groups excluding carboxylic acids is 1. The maximum Gasteiger partial charge on any atom is 0.220 e. The zero-order valence-electron chi connectivity index (χ0n) is 34.1. The van der Waals surface area contributed by atoms with E-state index in [1.807, 2.05) is 0 Å². The molecular weight excluding hydrogens is 611 g/mol. The number of allylic oxidation sites excluding steroid dienone is 6. The summed E-state index contributed by atoms with van der Waals surface area (Å²) in [5.74, 6) is 0.166. The Bertz CT molecular complexity index is 831. The first-order valence-corrected chi connectivity index (χ1v) is 22.4. The van der Waals surface area contributed by atoms with Crippen LogP contribution in [-0.4, -0.2) is 37.0 Å². The molecule has 0 aliphatic heterocycles. The van der Waals surface area contributed by atoms with Crippen LogP contribution in [0.4, 0.5) is 0 Å². The lowest BCUT2D eigenvalue weighted by molar-refractivity contribution is -0.121. The molecule has 0 atom stereocenters. The first-order chi connectivity index (χ1) is 24.6. The number of rotatable bonds is 37. The van der Waals surface area contributed by atoms with E-state index in [0.717, 1.165) is 43.5 Å². The first-order valence-electron chi connectivity index (χ1n) is 22.4. The second kappa shape index (κ2) is 35.8. The summed E-state index contributed by atoms with van der Waals surface area (Å²) in [6, 6.07) is 0. The summed E-state index contributed by atoms with van der Waals surface area (Å²) in [5, 5.41) is 3.17. The molecule has 0 saturated heterocycles. The van der Waals surface area contributed by atoms with Gasteiger partial charge in [-0.25, -0.2) is 0 Å². The molecule has 0 fully saturated rings. The van der Waals surface area contributed by atoms with Crippen molar-refractivity contribution in [3.63, 3.8) is 0 Å². The molecule has 1 aliphatic rings. The molecule has 0 aromatic carbocycles. The van der Waals surface area contributed by atoms with E-state index in [2.05, 4.69) is 49.2 Å². The smallest absolute Gasteiger partial charge is 0.220 e. The topological polar surface area (TPSA) is 58.4 Å². The number of nitrogens with zero attached hydrogens (tertiary/aromatic N) is 1.